The van der Waals surface area contributed by atoms with Gasteiger partial charge in [-0.2, -0.15) is 5.26 Å². The van der Waals surface area contributed by atoms with E-state index >= 15 is 0 Å². The zero-order valence-corrected chi connectivity index (χ0v) is 22.6. The Labute approximate surface area is 219 Å². The standard InChI is InChI=1S/C29H37N5O3/c1-6-36-26-16-24(20(2)14-21(26)3)32-29-22(18-30)19-31-25-17-28(27(35-5)15-23(25)29)37-13-7-8-34-11-9-33(4)10-12-34/h14-17,19H,6-13H2,1-5H3,(H,31,32). The molecule has 8 heteroatoms. The van der Waals surface area contributed by atoms with Crippen molar-refractivity contribution in [2.24, 2.45) is 0 Å². The van der Waals surface area contributed by atoms with Gasteiger partial charge in [-0.15, -0.1) is 0 Å². The highest BCUT2D eigenvalue weighted by Gasteiger charge is 2.17. The number of pyridine rings is 1. The molecule has 0 radical (unpaired) electrons. The molecule has 1 aromatic heterocycles. The van der Waals surface area contributed by atoms with Crippen LogP contribution in [0.4, 0.5) is 11.4 Å². The predicted molar refractivity (Wildman–Crippen MR) is 147 cm³/mol. The zero-order valence-electron chi connectivity index (χ0n) is 22.6. The van der Waals surface area contributed by atoms with Gasteiger partial charge in [0, 0.05) is 62.1 Å². The van der Waals surface area contributed by atoms with Crippen LogP contribution in [0.1, 0.15) is 30.0 Å². The zero-order chi connectivity index (χ0) is 26.4. The molecule has 37 heavy (non-hydrogen) atoms. The number of hydrogen-bond donors (Lipinski definition) is 1. The Balaban J connectivity index is 1.57. The predicted octanol–water partition coefficient (Wildman–Crippen LogP) is 4.89. The lowest BCUT2D eigenvalue weighted by Crippen LogP contribution is -2.44. The summed E-state index contributed by atoms with van der Waals surface area (Å²) in [6.45, 7) is 12.7. The number of ether oxygens (including phenoxy) is 3. The minimum absolute atomic E-state index is 0.452. The molecule has 0 spiro atoms. The van der Waals surface area contributed by atoms with Crippen LogP contribution in [0.15, 0.2) is 30.5 Å². The van der Waals surface area contributed by atoms with Crippen molar-refractivity contribution in [3.05, 3.63) is 47.2 Å². The van der Waals surface area contributed by atoms with Crippen molar-refractivity contribution in [1.82, 2.24) is 14.8 Å². The van der Waals surface area contributed by atoms with Crippen molar-refractivity contribution < 1.29 is 14.2 Å². The maximum absolute atomic E-state index is 9.84. The molecule has 8 nitrogen and oxygen atoms in total. The molecule has 0 saturated carbocycles. The number of nitrogens with one attached hydrogen (secondary N) is 1. The van der Waals surface area contributed by atoms with Crippen molar-refractivity contribution in [2.45, 2.75) is 27.2 Å². The van der Waals surface area contributed by atoms with Crippen LogP contribution in [0.2, 0.25) is 0 Å². The van der Waals surface area contributed by atoms with Crippen molar-refractivity contribution in [1.29, 1.82) is 5.26 Å². The topological polar surface area (TPSA) is 82.9 Å². The molecular formula is C29H37N5O3. The lowest BCUT2D eigenvalue weighted by atomic mass is 10.1. The summed E-state index contributed by atoms with van der Waals surface area (Å²) in [4.78, 5) is 9.39. The molecule has 0 amide bonds. The van der Waals surface area contributed by atoms with E-state index in [-0.39, 0.29) is 0 Å². The fourth-order valence-corrected chi connectivity index (χ4v) is 4.65. The molecule has 2 aromatic carbocycles. The first-order valence-electron chi connectivity index (χ1n) is 12.9. The van der Waals surface area contributed by atoms with Crippen molar-refractivity contribution in [2.75, 3.05) is 65.4 Å². The average molecular weight is 504 g/mol. The van der Waals surface area contributed by atoms with E-state index in [9.17, 15) is 5.26 Å². The molecule has 0 bridgehead atoms. The number of benzene rings is 2. The normalized spacial score (nSPS) is 14.4. The number of aryl methyl sites for hydroxylation is 2. The molecule has 0 aliphatic carbocycles. The Hall–Kier alpha value is -3.54. The lowest BCUT2D eigenvalue weighted by molar-refractivity contribution is 0.145. The van der Waals surface area contributed by atoms with Crippen LogP contribution in [-0.4, -0.2) is 74.9 Å². The fourth-order valence-electron chi connectivity index (χ4n) is 4.65. The number of piperazine rings is 1. The van der Waals surface area contributed by atoms with E-state index in [1.807, 2.05) is 39.0 Å². The fraction of sp³-hybridized carbons (Fsp3) is 0.448. The number of hydrogen-bond acceptors (Lipinski definition) is 8. The molecule has 3 aromatic rings. The molecule has 1 fully saturated rings. The van der Waals surface area contributed by atoms with Crippen molar-refractivity contribution in [3.8, 4) is 23.3 Å². The second-order valence-corrected chi connectivity index (χ2v) is 9.52. The Morgan fingerprint density at radius 2 is 1.78 bits per heavy atom. The van der Waals surface area contributed by atoms with Gasteiger partial charge >= 0.3 is 0 Å². The first-order chi connectivity index (χ1) is 17.9. The monoisotopic (exact) mass is 503 g/mol. The van der Waals surface area contributed by atoms with Gasteiger partial charge in [-0.05, 0) is 51.4 Å². The van der Waals surface area contributed by atoms with Crippen LogP contribution in [0.25, 0.3) is 10.9 Å². The summed E-state index contributed by atoms with van der Waals surface area (Å²) in [6.07, 6.45) is 2.54. The van der Waals surface area contributed by atoms with E-state index in [0.717, 1.165) is 72.6 Å². The van der Waals surface area contributed by atoms with Crippen molar-refractivity contribution >= 4 is 22.3 Å². The third-order valence-corrected chi connectivity index (χ3v) is 6.83. The molecule has 1 aliphatic rings. The van der Waals surface area contributed by atoms with Crippen LogP contribution in [0, 0.1) is 25.2 Å². The number of rotatable bonds is 10. The summed E-state index contributed by atoms with van der Waals surface area (Å²) in [7, 11) is 3.80. The van der Waals surface area contributed by atoms with Gasteiger partial charge in [0.1, 0.15) is 11.8 Å². The van der Waals surface area contributed by atoms with Gasteiger partial charge in [-0.25, -0.2) is 0 Å². The highest BCUT2D eigenvalue weighted by molar-refractivity contribution is 5.98. The van der Waals surface area contributed by atoms with E-state index in [1.54, 1.807) is 13.3 Å². The van der Waals surface area contributed by atoms with E-state index in [2.05, 4.69) is 39.3 Å². The number of aromatic nitrogens is 1. The molecule has 1 saturated heterocycles. The highest BCUT2D eigenvalue weighted by Crippen LogP contribution is 2.38. The van der Waals surface area contributed by atoms with E-state index in [1.165, 1.54) is 0 Å². The molecule has 2 heterocycles. The Kier molecular flexibility index (Phi) is 8.70. The quantitative estimate of drug-likeness (QED) is 0.392. The van der Waals surface area contributed by atoms with Crippen molar-refractivity contribution in [3.63, 3.8) is 0 Å². The third-order valence-electron chi connectivity index (χ3n) is 6.83. The third kappa shape index (κ3) is 6.24. The van der Waals surface area contributed by atoms with Crippen LogP contribution < -0.4 is 19.5 Å². The molecule has 1 N–H and O–H groups in total. The highest BCUT2D eigenvalue weighted by atomic mass is 16.5. The van der Waals surface area contributed by atoms with Crippen LogP contribution in [0.3, 0.4) is 0 Å². The Morgan fingerprint density at radius 3 is 2.49 bits per heavy atom. The smallest absolute Gasteiger partial charge is 0.163 e. The summed E-state index contributed by atoms with van der Waals surface area (Å²) in [6, 6.07) is 10.1. The minimum atomic E-state index is 0.452. The second kappa shape index (κ2) is 12.1. The summed E-state index contributed by atoms with van der Waals surface area (Å²) in [5.74, 6) is 2.08. The van der Waals surface area contributed by atoms with Crippen LogP contribution in [0.5, 0.6) is 17.2 Å². The van der Waals surface area contributed by atoms with Crippen LogP contribution >= 0.6 is 0 Å². The van der Waals surface area contributed by atoms with Gasteiger partial charge in [0.25, 0.3) is 0 Å². The van der Waals surface area contributed by atoms with Gasteiger partial charge in [-0.3, -0.25) is 4.98 Å². The summed E-state index contributed by atoms with van der Waals surface area (Å²) in [5.41, 5.74) is 4.87. The van der Waals surface area contributed by atoms with E-state index in [0.29, 0.717) is 36.0 Å². The number of nitriles is 1. The summed E-state index contributed by atoms with van der Waals surface area (Å²) < 4.78 is 17.6. The first-order valence-corrected chi connectivity index (χ1v) is 12.9. The molecule has 0 atom stereocenters. The molecule has 196 valence electrons. The maximum Gasteiger partial charge on any atom is 0.163 e. The SMILES string of the molecule is CCOc1cc(Nc2c(C#N)cnc3cc(OCCCN4CCN(C)CC4)c(OC)cc23)c(C)cc1C. The Bertz CT molecular complexity index is 1280. The number of fused-ring (bicyclic) bond motifs is 1. The number of anilines is 2. The van der Waals surface area contributed by atoms with Gasteiger partial charge in [0.05, 0.1) is 37.1 Å². The summed E-state index contributed by atoms with van der Waals surface area (Å²) in [5, 5.41) is 14.1. The first kappa shape index (κ1) is 26.5. The van der Waals surface area contributed by atoms with Gasteiger partial charge in [0.2, 0.25) is 0 Å². The number of nitrogens with zero attached hydrogens (tertiary/aromatic N) is 4. The molecule has 1 aliphatic heterocycles. The maximum atomic E-state index is 9.84. The lowest BCUT2D eigenvalue weighted by Gasteiger charge is -2.32. The van der Waals surface area contributed by atoms with E-state index in [4.69, 9.17) is 14.2 Å². The van der Waals surface area contributed by atoms with Crippen LogP contribution in [-0.2, 0) is 0 Å². The second-order valence-electron chi connectivity index (χ2n) is 9.52. The number of likely N-dealkylation sites (N-methyl/N-ethyl adjacent to an activating group) is 1. The average Bonchev–Trinajstić information content (AvgIpc) is 2.90. The minimum Gasteiger partial charge on any atom is -0.494 e. The number of methoxy groups -OCH3 is 1. The van der Waals surface area contributed by atoms with Gasteiger partial charge < -0.3 is 29.3 Å². The van der Waals surface area contributed by atoms with E-state index < -0.39 is 0 Å². The molecule has 4 rings (SSSR count). The molecular weight excluding hydrogens is 466 g/mol. The Morgan fingerprint density at radius 1 is 1.00 bits per heavy atom. The largest absolute Gasteiger partial charge is 0.494 e. The summed E-state index contributed by atoms with van der Waals surface area (Å²) >= 11 is 0. The van der Waals surface area contributed by atoms with Gasteiger partial charge in [0.15, 0.2) is 11.5 Å². The van der Waals surface area contributed by atoms with Gasteiger partial charge in [-0.1, -0.05) is 6.07 Å². The molecule has 0 unspecified atom stereocenters.